The van der Waals surface area contributed by atoms with E-state index in [0.717, 1.165) is 41.4 Å². The van der Waals surface area contributed by atoms with Crippen LogP contribution in [0.4, 0.5) is 0 Å². The highest BCUT2D eigenvalue weighted by molar-refractivity contribution is 7.99. The average Bonchev–Trinajstić information content (AvgIpc) is 3.16. The molecule has 0 radical (unpaired) electrons. The molecule has 0 amide bonds. The van der Waals surface area contributed by atoms with Crippen LogP contribution in [0.5, 0.6) is 5.75 Å². The lowest BCUT2D eigenvalue weighted by molar-refractivity contribution is 0.404. The van der Waals surface area contributed by atoms with Crippen molar-refractivity contribution in [1.29, 1.82) is 0 Å². The van der Waals surface area contributed by atoms with Crippen molar-refractivity contribution in [2.24, 2.45) is 5.92 Å². The molecule has 0 saturated heterocycles. The fraction of sp³-hybridized carbons (Fsp3) is 0.300. The molecule has 2 N–H and O–H groups in total. The molecule has 0 aliphatic carbocycles. The Morgan fingerprint density at radius 2 is 2.08 bits per heavy atom. The normalized spacial score (nSPS) is 12.1. The van der Waals surface area contributed by atoms with Crippen molar-refractivity contribution in [2.75, 3.05) is 19.4 Å². The Hall–Kier alpha value is -2.31. The Kier molecular flexibility index (Phi) is 6.68. The van der Waals surface area contributed by atoms with Crippen LogP contribution in [0.2, 0.25) is 0 Å². The van der Waals surface area contributed by atoms with Crippen molar-refractivity contribution in [3.8, 4) is 17.0 Å². The molecule has 0 fully saturated rings. The SMILES string of the molecule is COc1ccccc1SCC(C)CNCc1cn[nH]c1-c1cccnc1. The fourth-order valence-corrected chi connectivity index (χ4v) is 3.74. The van der Waals surface area contributed by atoms with Gasteiger partial charge in [0.25, 0.3) is 0 Å². The minimum Gasteiger partial charge on any atom is -0.496 e. The van der Waals surface area contributed by atoms with Gasteiger partial charge >= 0.3 is 0 Å². The van der Waals surface area contributed by atoms with Crippen molar-refractivity contribution in [3.63, 3.8) is 0 Å². The topological polar surface area (TPSA) is 62.8 Å². The summed E-state index contributed by atoms with van der Waals surface area (Å²) in [6.07, 6.45) is 5.51. The first kappa shape index (κ1) is 18.5. The molecular formula is C20H24N4OS. The molecule has 6 heteroatoms. The summed E-state index contributed by atoms with van der Waals surface area (Å²) in [5.41, 5.74) is 3.24. The highest BCUT2D eigenvalue weighted by atomic mass is 32.2. The van der Waals surface area contributed by atoms with Crippen molar-refractivity contribution >= 4 is 11.8 Å². The summed E-state index contributed by atoms with van der Waals surface area (Å²) in [6.45, 7) is 3.98. The summed E-state index contributed by atoms with van der Waals surface area (Å²) < 4.78 is 5.41. The number of aromatic nitrogens is 3. The zero-order valence-electron chi connectivity index (χ0n) is 15.1. The predicted molar refractivity (Wildman–Crippen MR) is 106 cm³/mol. The number of H-pyrrole nitrogens is 1. The van der Waals surface area contributed by atoms with Crippen molar-refractivity contribution in [3.05, 3.63) is 60.6 Å². The Labute approximate surface area is 158 Å². The molecule has 1 aromatic carbocycles. The van der Waals surface area contributed by atoms with Crippen LogP contribution in [-0.2, 0) is 6.54 Å². The summed E-state index contributed by atoms with van der Waals surface area (Å²) in [5, 5.41) is 10.8. The smallest absolute Gasteiger partial charge is 0.132 e. The molecule has 0 spiro atoms. The average molecular weight is 369 g/mol. The molecule has 3 rings (SSSR count). The minimum atomic E-state index is 0.540. The van der Waals surface area contributed by atoms with Gasteiger partial charge in [-0.1, -0.05) is 19.1 Å². The van der Waals surface area contributed by atoms with E-state index in [2.05, 4.69) is 33.5 Å². The lowest BCUT2D eigenvalue weighted by atomic mass is 10.1. The van der Waals surface area contributed by atoms with Crippen LogP contribution in [0, 0.1) is 5.92 Å². The van der Waals surface area contributed by atoms with Gasteiger partial charge in [0.1, 0.15) is 5.75 Å². The van der Waals surface area contributed by atoms with Crippen LogP contribution in [-0.4, -0.2) is 34.6 Å². The first-order valence-electron chi connectivity index (χ1n) is 8.67. The molecule has 0 bridgehead atoms. The second-order valence-corrected chi connectivity index (χ2v) is 7.27. The molecule has 136 valence electrons. The van der Waals surface area contributed by atoms with E-state index in [1.165, 1.54) is 4.90 Å². The van der Waals surface area contributed by atoms with Crippen LogP contribution in [0.1, 0.15) is 12.5 Å². The van der Waals surface area contributed by atoms with Gasteiger partial charge in [-0.15, -0.1) is 11.8 Å². The predicted octanol–water partition coefficient (Wildman–Crippen LogP) is 4.00. The van der Waals surface area contributed by atoms with E-state index >= 15 is 0 Å². The summed E-state index contributed by atoms with van der Waals surface area (Å²) in [6, 6.07) is 12.1. The van der Waals surface area contributed by atoms with Gasteiger partial charge in [-0.25, -0.2) is 0 Å². The molecule has 0 aliphatic rings. The molecule has 2 heterocycles. The molecule has 0 saturated carbocycles. The maximum absolute atomic E-state index is 5.41. The first-order chi connectivity index (χ1) is 12.8. The number of nitrogens with zero attached hydrogens (tertiary/aromatic N) is 2. The highest BCUT2D eigenvalue weighted by Gasteiger charge is 2.10. The van der Waals surface area contributed by atoms with Gasteiger partial charge in [0.2, 0.25) is 0 Å². The zero-order valence-corrected chi connectivity index (χ0v) is 15.9. The number of benzene rings is 1. The van der Waals surface area contributed by atoms with Crippen LogP contribution in [0.3, 0.4) is 0 Å². The molecule has 1 atom stereocenters. The maximum Gasteiger partial charge on any atom is 0.132 e. The number of methoxy groups -OCH3 is 1. The lowest BCUT2D eigenvalue weighted by Gasteiger charge is -2.14. The highest BCUT2D eigenvalue weighted by Crippen LogP contribution is 2.29. The number of nitrogens with one attached hydrogen (secondary N) is 2. The zero-order chi connectivity index (χ0) is 18.2. The van der Waals surface area contributed by atoms with E-state index in [-0.39, 0.29) is 0 Å². The third-order valence-corrected chi connectivity index (χ3v) is 5.45. The third-order valence-electron chi connectivity index (χ3n) is 4.07. The van der Waals surface area contributed by atoms with Crippen molar-refractivity contribution in [2.45, 2.75) is 18.4 Å². The van der Waals surface area contributed by atoms with E-state index in [0.29, 0.717) is 5.92 Å². The van der Waals surface area contributed by atoms with E-state index in [4.69, 9.17) is 4.74 Å². The van der Waals surface area contributed by atoms with Crippen LogP contribution in [0.15, 0.2) is 59.9 Å². The maximum atomic E-state index is 5.41. The number of thioether (sulfide) groups is 1. The van der Waals surface area contributed by atoms with Gasteiger partial charge in [0, 0.05) is 40.7 Å². The first-order valence-corrected chi connectivity index (χ1v) is 9.65. The summed E-state index contributed by atoms with van der Waals surface area (Å²) >= 11 is 1.84. The Bertz CT molecular complexity index is 806. The Morgan fingerprint density at radius 3 is 2.88 bits per heavy atom. The van der Waals surface area contributed by atoms with E-state index in [9.17, 15) is 0 Å². The molecule has 5 nitrogen and oxygen atoms in total. The molecule has 3 aromatic rings. The van der Waals surface area contributed by atoms with Gasteiger partial charge in [0.15, 0.2) is 0 Å². The van der Waals surface area contributed by atoms with Crippen molar-refractivity contribution in [1.82, 2.24) is 20.5 Å². The van der Waals surface area contributed by atoms with Crippen LogP contribution < -0.4 is 10.1 Å². The van der Waals surface area contributed by atoms with Crippen LogP contribution >= 0.6 is 11.8 Å². The van der Waals surface area contributed by atoms with E-state index in [1.807, 2.05) is 54.5 Å². The monoisotopic (exact) mass is 368 g/mol. The van der Waals surface area contributed by atoms with Gasteiger partial charge < -0.3 is 10.1 Å². The second-order valence-electron chi connectivity index (χ2n) is 6.21. The number of para-hydroxylation sites is 1. The quantitative estimate of drug-likeness (QED) is 0.559. The minimum absolute atomic E-state index is 0.540. The lowest BCUT2D eigenvalue weighted by Crippen LogP contribution is -2.22. The van der Waals surface area contributed by atoms with E-state index in [1.54, 1.807) is 13.3 Å². The molecule has 26 heavy (non-hydrogen) atoms. The van der Waals surface area contributed by atoms with Gasteiger partial charge in [-0.05, 0) is 36.7 Å². The molecule has 2 aromatic heterocycles. The van der Waals surface area contributed by atoms with E-state index < -0.39 is 0 Å². The molecule has 1 unspecified atom stereocenters. The Morgan fingerprint density at radius 1 is 1.19 bits per heavy atom. The second kappa shape index (κ2) is 9.40. The number of rotatable bonds is 9. The van der Waals surface area contributed by atoms with Crippen molar-refractivity contribution < 1.29 is 4.74 Å². The molecule has 0 aliphatic heterocycles. The van der Waals surface area contributed by atoms with Gasteiger partial charge in [-0.3, -0.25) is 10.1 Å². The van der Waals surface area contributed by atoms with Gasteiger partial charge in [-0.2, -0.15) is 5.10 Å². The number of hydrogen-bond donors (Lipinski definition) is 2. The third kappa shape index (κ3) is 4.86. The fourth-order valence-electron chi connectivity index (χ4n) is 2.69. The molecular weight excluding hydrogens is 344 g/mol. The largest absolute Gasteiger partial charge is 0.496 e. The number of ether oxygens (including phenoxy) is 1. The van der Waals surface area contributed by atoms with Gasteiger partial charge in [0.05, 0.1) is 19.0 Å². The standard InChI is InChI=1S/C20H24N4OS/c1-15(14-26-19-8-4-3-7-18(19)25-2)10-22-12-17-13-23-24-20(17)16-6-5-9-21-11-16/h3-9,11,13,15,22H,10,12,14H2,1-2H3,(H,23,24). The van der Waals surface area contributed by atoms with Crippen LogP contribution in [0.25, 0.3) is 11.3 Å². The summed E-state index contributed by atoms with van der Waals surface area (Å²) in [7, 11) is 1.72. The number of pyridine rings is 1. The Balaban J connectivity index is 1.47. The number of hydrogen-bond acceptors (Lipinski definition) is 5. The number of aromatic amines is 1. The summed E-state index contributed by atoms with van der Waals surface area (Å²) in [4.78, 5) is 5.37. The summed E-state index contributed by atoms with van der Waals surface area (Å²) in [5.74, 6) is 2.52.